The van der Waals surface area contributed by atoms with Gasteiger partial charge in [-0.2, -0.15) is 0 Å². The zero-order valence-corrected chi connectivity index (χ0v) is 13.9. The second-order valence-corrected chi connectivity index (χ2v) is 5.78. The Kier molecular flexibility index (Phi) is 5.05. The van der Waals surface area contributed by atoms with Gasteiger partial charge in [0.1, 0.15) is 5.82 Å². The van der Waals surface area contributed by atoms with Crippen LogP contribution in [0.1, 0.15) is 27.0 Å². The van der Waals surface area contributed by atoms with Gasteiger partial charge in [0, 0.05) is 11.3 Å². The third kappa shape index (κ3) is 4.42. The second-order valence-electron chi connectivity index (χ2n) is 5.78. The van der Waals surface area contributed by atoms with Gasteiger partial charge in [-0.15, -0.1) is 0 Å². The first-order valence-corrected chi connectivity index (χ1v) is 8.02. The quantitative estimate of drug-likeness (QED) is 0.623. The van der Waals surface area contributed by atoms with E-state index in [1.807, 2.05) is 55.5 Å². The molecule has 3 aromatic carbocycles. The lowest BCUT2D eigenvalue weighted by molar-refractivity contribution is 0.102. The van der Waals surface area contributed by atoms with E-state index in [0.29, 0.717) is 5.56 Å². The van der Waals surface area contributed by atoms with Crippen LogP contribution in [0.4, 0.5) is 10.1 Å². The van der Waals surface area contributed by atoms with Crippen molar-refractivity contribution in [1.82, 2.24) is 0 Å². The van der Waals surface area contributed by atoms with Gasteiger partial charge in [0.05, 0.1) is 0 Å². The number of halogens is 1. The van der Waals surface area contributed by atoms with E-state index < -0.39 is 0 Å². The number of benzene rings is 3. The summed E-state index contributed by atoms with van der Waals surface area (Å²) >= 11 is 0. The average molecular weight is 331 g/mol. The van der Waals surface area contributed by atoms with Crippen LogP contribution in [0, 0.1) is 12.7 Å². The highest BCUT2D eigenvalue weighted by Crippen LogP contribution is 2.20. The van der Waals surface area contributed by atoms with Gasteiger partial charge in [-0.25, -0.2) is 4.39 Å². The zero-order chi connectivity index (χ0) is 17.6. The Labute approximate surface area is 146 Å². The molecule has 0 aliphatic rings. The number of anilines is 1. The molecule has 0 fully saturated rings. The fourth-order valence-electron chi connectivity index (χ4n) is 2.43. The van der Waals surface area contributed by atoms with Gasteiger partial charge in [0.25, 0.3) is 5.91 Å². The first-order valence-electron chi connectivity index (χ1n) is 8.02. The molecule has 2 nitrogen and oxygen atoms in total. The minimum Gasteiger partial charge on any atom is -0.322 e. The van der Waals surface area contributed by atoms with Crippen molar-refractivity contribution in [1.29, 1.82) is 0 Å². The van der Waals surface area contributed by atoms with Gasteiger partial charge in [0.15, 0.2) is 0 Å². The average Bonchev–Trinajstić information content (AvgIpc) is 2.64. The van der Waals surface area contributed by atoms with Crippen molar-refractivity contribution in [2.24, 2.45) is 0 Å². The maximum absolute atomic E-state index is 12.9. The van der Waals surface area contributed by atoms with E-state index in [0.717, 1.165) is 22.4 Å². The molecule has 0 atom stereocenters. The Bertz CT molecular complexity index is 899. The molecule has 1 N–H and O–H groups in total. The molecule has 1 amide bonds. The highest BCUT2D eigenvalue weighted by Gasteiger charge is 2.07. The summed E-state index contributed by atoms with van der Waals surface area (Å²) in [7, 11) is 0. The van der Waals surface area contributed by atoms with Crippen LogP contribution in [0.2, 0.25) is 0 Å². The normalized spacial score (nSPS) is 10.8. The van der Waals surface area contributed by atoms with Crippen molar-refractivity contribution in [3.63, 3.8) is 0 Å². The largest absolute Gasteiger partial charge is 0.322 e. The van der Waals surface area contributed by atoms with Gasteiger partial charge in [-0.05, 0) is 53.9 Å². The van der Waals surface area contributed by atoms with Crippen molar-refractivity contribution < 1.29 is 9.18 Å². The number of carbonyl (C=O) groups is 1. The van der Waals surface area contributed by atoms with Gasteiger partial charge >= 0.3 is 0 Å². The van der Waals surface area contributed by atoms with E-state index in [9.17, 15) is 9.18 Å². The monoisotopic (exact) mass is 331 g/mol. The third-order valence-corrected chi connectivity index (χ3v) is 3.88. The standard InChI is InChI=1S/C22H18FNO/c1-16-7-8-18(10-9-17-11-13-20(23)14-12-17)15-21(16)24-22(25)19-5-3-2-4-6-19/h2-15H,1H3,(H,24,25)/b10-9+. The van der Waals surface area contributed by atoms with Crippen LogP contribution >= 0.6 is 0 Å². The molecule has 0 bridgehead atoms. The van der Waals surface area contributed by atoms with Crippen molar-refractivity contribution in [2.45, 2.75) is 6.92 Å². The maximum atomic E-state index is 12.9. The molecule has 0 aromatic heterocycles. The Morgan fingerprint density at radius 1 is 0.880 bits per heavy atom. The highest BCUT2D eigenvalue weighted by atomic mass is 19.1. The molecule has 0 spiro atoms. The molecule has 0 unspecified atom stereocenters. The molecule has 0 radical (unpaired) electrons. The van der Waals surface area contributed by atoms with Crippen molar-refractivity contribution in [2.75, 3.05) is 5.32 Å². The summed E-state index contributed by atoms with van der Waals surface area (Å²) in [6.45, 7) is 1.95. The number of carbonyl (C=O) groups excluding carboxylic acids is 1. The van der Waals surface area contributed by atoms with Crippen LogP contribution in [0.25, 0.3) is 12.2 Å². The van der Waals surface area contributed by atoms with Crippen molar-refractivity contribution >= 4 is 23.7 Å². The Balaban J connectivity index is 1.78. The fraction of sp³-hybridized carbons (Fsp3) is 0.0455. The minimum atomic E-state index is -0.251. The summed E-state index contributed by atoms with van der Waals surface area (Å²) in [6.07, 6.45) is 3.84. The van der Waals surface area contributed by atoms with Gasteiger partial charge in [-0.1, -0.05) is 54.6 Å². The van der Waals surface area contributed by atoms with Crippen LogP contribution in [-0.4, -0.2) is 5.91 Å². The fourth-order valence-corrected chi connectivity index (χ4v) is 2.43. The van der Waals surface area contributed by atoms with E-state index in [1.54, 1.807) is 24.3 Å². The lowest BCUT2D eigenvalue weighted by Gasteiger charge is -2.09. The molecule has 0 saturated carbocycles. The van der Waals surface area contributed by atoms with E-state index in [-0.39, 0.29) is 11.7 Å². The van der Waals surface area contributed by atoms with Crippen molar-refractivity contribution in [3.05, 3.63) is 101 Å². The Morgan fingerprint density at radius 2 is 1.52 bits per heavy atom. The van der Waals surface area contributed by atoms with Gasteiger partial charge in [0.2, 0.25) is 0 Å². The molecule has 25 heavy (non-hydrogen) atoms. The molecule has 0 saturated heterocycles. The van der Waals surface area contributed by atoms with Crippen molar-refractivity contribution in [3.8, 4) is 0 Å². The number of hydrogen-bond donors (Lipinski definition) is 1. The molecular weight excluding hydrogens is 313 g/mol. The van der Waals surface area contributed by atoms with E-state index in [2.05, 4.69) is 5.32 Å². The molecular formula is C22H18FNO. The Morgan fingerprint density at radius 3 is 2.24 bits per heavy atom. The third-order valence-electron chi connectivity index (χ3n) is 3.88. The summed E-state index contributed by atoms with van der Waals surface area (Å²) in [5.74, 6) is -0.387. The highest BCUT2D eigenvalue weighted by molar-refractivity contribution is 6.04. The first kappa shape index (κ1) is 16.7. The molecule has 0 aliphatic heterocycles. The van der Waals surface area contributed by atoms with Crippen LogP contribution in [0.5, 0.6) is 0 Å². The van der Waals surface area contributed by atoms with Gasteiger partial charge in [-0.3, -0.25) is 4.79 Å². The topological polar surface area (TPSA) is 29.1 Å². The Hall–Kier alpha value is -3.20. The number of hydrogen-bond acceptors (Lipinski definition) is 1. The van der Waals surface area contributed by atoms with Crippen LogP contribution in [0.15, 0.2) is 72.8 Å². The summed E-state index contributed by atoms with van der Waals surface area (Å²) in [5, 5.41) is 2.95. The molecule has 124 valence electrons. The SMILES string of the molecule is Cc1ccc(/C=C/c2ccc(F)cc2)cc1NC(=O)c1ccccc1. The maximum Gasteiger partial charge on any atom is 0.255 e. The lowest BCUT2D eigenvalue weighted by Crippen LogP contribution is -2.12. The minimum absolute atomic E-state index is 0.136. The number of nitrogens with one attached hydrogen (secondary N) is 1. The smallest absolute Gasteiger partial charge is 0.255 e. The van der Waals surface area contributed by atoms with E-state index >= 15 is 0 Å². The van der Waals surface area contributed by atoms with Gasteiger partial charge < -0.3 is 5.32 Å². The van der Waals surface area contributed by atoms with Crippen LogP contribution in [0.3, 0.4) is 0 Å². The summed E-state index contributed by atoms with van der Waals surface area (Å²) in [4.78, 5) is 12.3. The van der Waals surface area contributed by atoms with E-state index in [4.69, 9.17) is 0 Å². The first-order chi connectivity index (χ1) is 12.1. The van der Waals surface area contributed by atoms with Crippen LogP contribution in [-0.2, 0) is 0 Å². The lowest BCUT2D eigenvalue weighted by atomic mass is 10.1. The second kappa shape index (κ2) is 7.58. The number of rotatable bonds is 4. The van der Waals surface area contributed by atoms with Crippen LogP contribution < -0.4 is 5.32 Å². The summed E-state index contributed by atoms with van der Waals surface area (Å²) in [6, 6.07) is 21.3. The zero-order valence-electron chi connectivity index (χ0n) is 13.9. The molecule has 3 rings (SSSR count). The predicted molar refractivity (Wildman–Crippen MR) is 101 cm³/mol. The number of amides is 1. The number of aryl methyl sites for hydroxylation is 1. The predicted octanol–water partition coefficient (Wildman–Crippen LogP) is 5.56. The molecule has 3 heteroatoms. The molecule has 0 heterocycles. The molecule has 0 aliphatic carbocycles. The molecule has 3 aromatic rings. The van der Waals surface area contributed by atoms with E-state index in [1.165, 1.54) is 12.1 Å². The summed E-state index contributed by atoms with van der Waals surface area (Å²) in [5.41, 5.74) is 4.25. The summed E-state index contributed by atoms with van der Waals surface area (Å²) < 4.78 is 12.9.